The molecule has 1 aliphatic carbocycles. The van der Waals surface area contributed by atoms with Crippen LogP contribution in [0.5, 0.6) is 0 Å². The molecule has 7 nitrogen and oxygen atoms in total. The Kier molecular flexibility index (Phi) is 5.02. The predicted octanol–water partition coefficient (Wildman–Crippen LogP) is 1.93. The average Bonchev–Trinajstić information content (AvgIpc) is 2.65. The Morgan fingerprint density at radius 2 is 1.89 bits per heavy atom. The molecule has 1 saturated heterocycles. The van der Waals surface area contributed by atoms with Gasteiger partial charge in [-0.1, -0.05) is 6.42 Å². The maximum atomic E-state index is 12.6. The Morgan fingerprint density at radius 1 is 1.07 bits per heavy atom. The maximum Gasteiger partial charge on any atom is 0.225 e. The third-order valence-corrected chi connectivity index (χ3v) is 6.31. The van der Waals surface area contributed by atoms with E-state index in [1.54, 1.807) is 6.92 Å². The van der Waals surface area contributed by atoms with E-state index in [-0.39, 0.29) is 17.7 Å². The van der Waals surface area contributed by atoms with Gasteiger partial charge in [-0.25, -0.2) is 9.97 Å². The number of nitrogens with zero attached hydrogens (tertiary/aromatic N) is 4. The van der Waals surface area contributed by atoms with Gasteiger partial charge in [0.25, 0.3) is 0 Å². The number of likely N-dealkylation sites (tertiary alicyclic amines) is 1. The van der Waals surface area contributed by atoms with Crippen LogP contribution in [0.15, 0.2) is 0 Å². The minimum Gasteiger partial charge on any atom is -0.373 e. The highest BCUT2D eigenvalue weighted by Gasteiger charge is 2.34. The fourth-order valence-corrected chi connectivity index (χ4v) is 4.39. The smallest absolute Gasteiger partial charge is 0.225 e. The van der Waals surface area contributed by atoms with Gasteiger partial charge in [0.15, 0.2) is 0 Å². The third-order valence-electron chi connectivity index (χ3n) is 6.31. The number of anilines is 1. The number of piperidine rings is 1. The molecule has 3 aliphatic rings. The van der Waals surface area contributed by atoms with E-state index in [0.29, 0.717) is 19.0 Å². The highest BCUT2D eigenvalue weighted by atomic mass is 16.2. The summed E-state index contributed by atoms with van der Waals surface area (Å²) in [6, 6.07) is 0. The third kappa shape index (κ3) is 3.51. The van der Waals surface area contributed by atoms with Crippen LogP contribution < -0.4 is 5.32 Å². The number of carbonyl (C=O) groups excluding carboxylic acids is 2. The van der Waals surface area contributed by atoms with E-state index in [4.69, 9.17) is 9.97 Å². The highest BCUT2D eigenvalue weighted by molar-refractivity contribution is 5.79. The molecule has 2 fully saturated rings. The summed E-state index contributed by atoms with van der Waals surface area (Å²) in [5.41, 5.74) is 2.07. The molecule has 0 aromatic carbocycles. The van der Waals surface area contributed by atoms with Crippen molar-refractivity contribution in [2.24, 2.45) is 5.92 Å². The monoisotopic (exact) mass is 371 g/mol. The van der Waals surface area contributed by atoms with Crippen molar-refractivity contribution in [3.8, 4) is 0 Å². The first-order valence-corrected chi connectivity index (χ1v) is 10.2. The van der Waals surface area contributed by atoms with Gasteiger partial charge in [0.2, 0.25) is 11.8 Å². The normalized spacial score (nSPS) is 22.8. The van der Waals surface area contributed by atoms with E-state index in [0.717, 1.165) is 68.1 Å². The number of amides is 2. The zero-order valence-corrected chi connectivity index (χ0v) is 16.3. The summed E-state index contributed by atoms with van der Waals surface area (Å²) in [6.07, 6.45) is 6.07. The molecule has 1 aromatic heterocycles. The van der Waals surface area contributed by atoms with Gasteiger partial charge >= 0.3 is 0 Å². The molecule has 3 heterocycles. The first-order chi connectivity index (χ1) is 13.1. The van der Waals surface area contributed by atoms with E-state index < -0.39 is 0 Å². The Bertz CT molecular complexity index is 729. The highest BCUT2D eigenvalue weighted by Crippen LogP contribution is 2.33. The summed E-state index contributed by atoms with van der Waals surface area (Å²) in [6.45, 7) is 4.48. The predicted molar refractivity (Wildman–Crippen MR) is 102 cm³/mol. The Balaban J connectivity index is 1.55. The van der Waals surface area contributed by atoms with Crippen molar-refractivity contribution >= 4 is 17.6 Å². The molecule has 27 heavy (non-hydrogen) atoms. The first kappa shape index (κ1) is 18.2. The fourth-order valence-electron chi connectivity index (χ4n) is 4.39. The summed E-state index contributed by atoms with van der Waals surface area (Å²) in [4.78, 5) is 37.9. The molecule has 1 saturated carbocycles. The molecule has 146 valence electrons. The fraction of sp³-hybridized carbons (Fsp3) is 0.700. The molecule has 7 heteroatoms. The maximum absolute atomic E-state index is 12.6. The zero-order valence-electron chi connectivity index (χ0n) is 16.3. The van der Waals surface area contributed by atoms with E-state index in [9.17, 15) is 9.59 Å². The van der Waals surface area contributed by atoms with Crippen LogP contribution in [0, 0.1) is 5.92 Å². The van der Waals surface area contributed by atoms with Crippen LogP contribution in [-0.2, 0) is 22.6 Å². The lowest BCUT2D eigenvalue weighted by molar-refractivity contribution is -0.139. The van der Waals surface area contributed by atoms with Crippen LogP contribution in [-0.4, -0.2) is 58.3 Å². The number of aromatic nitrogens is 2. The number of carbonyl (C=O) groups is 2. The summed E-state index contributed by atoms with van der Waals surface area (Å²) in [7, 11) is 1.87. The van der Waals surface area contributed by atoms with Crippen molar-refractivity contribution in [2.75, 3.05) is 32.0 Å². The molecular formula is C20H29N5O2. The molecule has 2 aliphatic heterocycles. The number of hydrogen-bond acceptors (Lipinski definition) is 5. The van der Waals surface area contributed by atoms with E-state index >= 15 is 0 Å². The summed E-state index contributed by atoms with van der Waals surface area (Å²) >= 11 is 0. The van der Waals surface area contributed by atoms with Gasteiger partial charge in [-0.15, -0.1) is 0 Å². The SMILES string of the molecule is CNc1nc(C2CCCN(C(=O)C3CCC3)C2)nc2c1CN(C(C)=O)CC2. The molecule has 0 bridgehead atoms. The molecule has 1 atom stereocenters. The summed E-state index contributed by atoms with van der Waals surface area (Å²) < 4.78 is 0. The van der Waals surface area contributed by atoms with Crippen molar-refractivity contribution < 1.29 is 9.59 Å². The number of nitrogens with one attached hydrogen (secondary N) is 1. The largest absolute Gasteiger partial charge is 0.373 e. The van der Waals surface area contributed by atoms with Gasteiger partial charge in [-0.3, -0.25) is 9.59 Å². The summed E-state index contributed by atoms with van der Waals surface area (Å²) in [5, 5.41) is 3.19. The molecule has 4 rings (SSSR count). The molecule has 1 unspecified atom stereocenters. The van der Waals surface area contributed by atoms with E-state index in [1.807, 2.05) is 16.8 Å². The topological polar surface area (TPSA) is 78.4 Å². The van der Waals surface area contributed by atoms with Crippen molar-refractivity contribution in [2.45, 2.75) is 57.9 Å². The van der Waals surface area contributed by atoms with Crippen LogP contribution in [0.4, 0.5) is 5.82 Å². The lowest BCUT2D eigenvalue weighted by Gasteiger charge is -2.37. The van der Waals surface area contributed by atoms with Gasteiger partial charge in [-0.05, 0) is 25.7 Å². The van der Waals surface area contributed by atoms with Crippen molar-refractivity contribution in [1.82, 2.24) is 19.8 Å². The van der Waals surface area contributed by atoms with E-state index in [2.05, 4.69) is 5.32 Å². The van der Waals surface area contributed by atoms with Crippen LogP contribution in [0.25, 0.3) is 0 Å². The average molecular weight is 371 g/mol. The quantitative estimate of drug-likeness (QED) is 0.878. The molecule has 0 radical (unpaired) electrons. The summed E-state index contributed by atoms with van der Waals surface area (Å²) in [5.74, 6) is 2.53. The Morgan fingerprint density at radius 3 is 2.56 bits per heavy atom. The molecule has 1 aromatic rings. The molecule has 0 spiro atoms. The van der Waals surface area contributed by atoms with Gasteiger partial charge in [0.05, 0.1) is 12.2 Å². The molecule has 1 N–H and O–H groups in total. The van der Waals surface area contributed by atoms with Gasteiger partial charge in [0, 0.05) is 57.4 Å². The minimum absolute atomic E-state index is 0.0872. The van der Waals surface area contributed by atoms with Crippen molar-refractivity contribution in [3.63, 3.8) is 0 Å². The van der Waals surface area contributed by atoms with Gasteiger partial charge in [-0.2, -0.15) is 0 Å². The van der Waals surface area contributed by atoms with Crippen molar-refractivity contribution in [3.05, 3.63) is 17.1 Å². The van der Waals surface area contributed by atoms with Crippen LogP contribution >= 0.6 is 0 Å². The lowest BCUT2D eigenvalue weighted by atomic mass is 9.83. The van der Waals surface area contributed by atoms with Crippen LogP contribution in [0.1, 0.15) is 62.0 Å². The lowest BCUT2D eigenvalue weighted by Crippen LogP contribution is -2.44. The number of fused-ring (bicyclic) bond motifs is 1. The van der Waals surface area contributed by atoms with Crippen molar-refractivity contribution in [1.29, 1.82) is 0 Å². The van der Waals surface area contributed by atoms with Gasteiger partial charge in [0.1, 0.15) is 11.6 Å². The molecular weight excluding hydrogens is 342 g/mol. The molecule has 2 amide bonds. The number of rotatable bonds is 3. The van der Waals surface area contributed by atoms with Crippen LogP contribution in [0.3, 0.4) is 0 Å². The number of hydrogen-bond donors (Lipinski definition) is 1. The zero-order chi connectivity index (χ0) is 19.0. The van der Waals surface area contributed by atoms with E-state index in [1.165, 1.54) is 6.42 Å². The Labute approximate surface area is 160 Å². The first-order valence-electron chi connectivity index (χ1n) is 10.2. The van der Waals surface area contributed by atoms with Crippen LogP contribution in [0.2, 0.25) is 0 Å². The Hall–Kier alpha value is -2.18. The standard InChI is InChI=1S/C20H29N5O2/c1-13(26)24-10-8-17-16(12-24)19(21-2)23-18(22-17)15-7-4-9-25(11-15)20(27)14-5-3-6-14/h14-15H,3-12H2,1-2H3,(H,21,22,23). The second kappa shape index (κ2) is 7.44. The minimum atomic E-state index is 0.0872. The van der Waals surface area contributed by atoms with Gasteiger partial charge < -0.3 is 15.1 Å². The second-order valence-electron chi connectivity index (χ2n) is 8.05. The second-order valence-corrected chi connectivity index (χ2v) is 8.05.